The van der Waals surface area contributed by atoms with Crippen molar-refractivity contribution in [3.05, 3.63) is 76.3 Å². The van der Waals surface area contributed by atoms with Crippen LogP contribution in [0.3, 0.4) is 0 Å². The van der Waals surface area contributed by atoms with Crippen LogP contribution in [0.4, 0.5) is 0 Å². The van der Waals surface area contributed by atoms with Crippen LogP contribution >= 0.6 is 11.6 Å². The molecule has 2 heterocycles. The lowest BCUT2D eigenvalue weighted by molar-refractivity contribution is 0.420. The van der Waals surface area contributed by atoms with E-state index in [0.29, 0.717) is 16.3 Å². The van der Waals surface area contributed by atoms with Gasteiger partial charge in [-0.15, -0.1) is 0 Å². The van der Waals surface area contributed by atoms with E-state index in [-0.39, 0.29) is 11.8 Å². The predicted octanol–water partition coefficient (Wildman–Crippen LogP) is 4.04. The Hall–Kier alpha value is -2.90. The first-order valence-corrected chi connectivity index (χ1v) is 7.50. The van der Waals surface area contributed by atoms with Gasteiger partial charge in [0.1, 0.15) is 17.4 Å². The minimum atomic E-state index is -0.297. The third kappa shape index (κ3) is 2.06. The molecule has 0 amide bonds. The number of aromatic nitrogens is 1. The van der Waals surface area contributed by atoms with Gasteiger partial charge in [0.2, 0.25) is 5.88 Å². The van der Waals surface area contributed by atoms with Crippen LogP contribution in [-0.2, 0) is 0 Å². The highest BCUT2D eigenvalue weighted by molar-refractivity contribution is 6.30. The van der Waals surface area contributed by atoms with E-state index in [4.69, 9.17) is 22.1 Å². The maximum atomic E-state index is 9.64. The fraction of sp³-hybridized carbons (Fsp3) is 0.0556. The summed E-state index contributed by atoms with van der Waals surface area (Å²) in [5.74, 6) is 0.492. The molecule has 1 aliphatic rings. The van der Waals surface area contributed by atoms with E-state index < -0.39 is 0 Å². The van der Waals surface area contributed by atoms with Gasteiger partial charge in [0.15, 0.2) is 0 Å². The van der Waals surface area contributed by atoms with Gasteiger partial charge in [0.25, 0.3) is 0 Å². The molecule has 0 aliphatic carbocycles. The molecule has 1 atom stereocenters. The topological polar surface area (TPSA) is 74.8 Å². The number of H-pyrrole nitrogens is 1. The maximum Gasteiger partial charge on any atom is 0.205 e. The molecule has 2 aromatic carbocycles. The van der Waals surface area contributed by atoms with Gasteiger partial charge in [-0.05, 0) is 35.4 Å². The Labute approximate surface area is 137 Å². The maximum absolute atomic E-state index is 9.64. The van der Waals surface area contributed by atoms with Gasteiger partial charge in [-0.2, -0.15) is 5.26 Å². The van der Waals surface area contributed by atoms with Crippen molar-refractivity contribution in [3.63, 3.8) is 0 Å². The Kier molecular flexibility index (Phi) is 3.03. The van der Waals surface area contributed by atoms with Gasteiger partial charge in [-0.1, -0.05) is 29.8 Å². The van der Waals surface area contributed by atoms with Crippen LogP contribution in [0.5, 0.6) is 5.75 Å². The number of nitrogens with two attached hydrogens (primary N) is 1. The highest BCUT2D eigenvalue weighted by Gasteiger charge is 2.29. The van der Waals surface area contributed by atoms with Gasteiger partial charge < -0.3 is 15.5 Å². The highest BCUT2D eigenvalue weighted by atomic mass is 35.5. The molecule has 1 aliphatic heterocycles. The van der Waals surface area contributed by atoms with Crippen molar-refractivity contribution < 1.29 is 4.74 Å². The molecule has 0 spiro atoms. The molecule has 1 unspecified atom stereocenters. The summed E-state index contributed by atoms with van der Waals surface area (Å²) in [4.78, 5) is 3.24. The minimum Gasteiger partial charge on any atom is -0.440 e. The van der Waals surface area contributed by atoms with E-state index in [1.807, 2.05) is 48.7 Å². The average Bonchev–Trinajstić information content (AvgIpc) is 2.93. The van der Waals surface area contributed by atoms with Crippen LogP contribution in [0.25, 0.3) is 10.9 Å². The second-order valence-electron chi connectivity index (χ2n) is 5.40. The van der Waals surface area contributed by atoms with Crippen LogP contribution in [-0.4, -0.2) is 4.98 Å². The number of ether oxygens (including phenoxy) is 1. The first-order valence-electron chi connectivity index (χ1n) is 7.12. The zero-order valence-electron chi connectivity index (χ0n) is 12.0. The molecular weight excluding hydrogens is 310 g/mol. The number of nitriles is 1. The van der Waals surface area contributed by atoms with Crippen molar-refractivity contribution in [2.24, 2.45) is 5.73 Å². The molecule has 4 rings (SSSR count). The monoisotopic (exact) mass is 321 g/mol. The summed E-state index contributed by atoms with van der Waals surface area (Å²) in [5.41, 5.74) is 9.31. The summed E-state index contributed by atoms with van der Waals surface area (Å²) >= 11 is 5.99. The second kappa shape index (κ2) is 5.08. The normalized spacial score (nSPS) is 16.8. The van der Waals surface area contributed by atoms with Crippen LogP contribution < -0.4 is 10.5 Å². The minimum absolute atomic E-state index is 0.135. The molecule has 0 saturated heterocycles. The molecule has 0 bridgehead atoms. The number of allylic oxidation sites excluding steroid dienone is 1. The number of benzene rings is 2. The quantitative estimate of drug-likeness (QED) is 0.710. The van der Waals surface area contributed by atoms with Gasteiger partial charge >= 0.3 is 0 Å². The van der Waals surface area contributed by atoms with Crippen molar-refractivity contribution >= 4 is 22.5 Å². The zero-order valence-corrected chi connectivity index (χ0v) is 12.8. The molecule has 112 valence electrons. The van der Waals surface area contributed by atoms with Gasteiger partial charge in [0.05, 0.1) is 5.92 Å². The van der Waals surface area contributed by atoms with Crippen molar-refractivity contribution in [1.82, 2.24) is 4.98 Å². The molecule has 0 radical (unpaired) electrons. The lowest BCUT2D eigenvalue weighted by Crippen LogP contribution is -2.12. The molecular formula is C18H12ClN3O. The molecule has 5 heteroatoms. The Morgan fingerprint density at radius 1 is 1.17 bits per heavy atom. The summed E-state index contributed by atoms with van der Waals surface area (Å²) in [6.07, 6.45) is 1.91. The van der Waals surface area contributed by atoms with Crippen molar-refractivity contribution in [2.75, 3.05) is 0 Å². The van der Waals surface area contributed by atoms with Gasteiger partial charge in [-0.25, -0.2) is 0 Å². The molecule has 3 aromatic rings. The molecule has 3 N–H and O–H groups in total. The van der Waals surface area contributed by atoms with Crippen molar-refractivity contribution in [1.29, 1.82) is 5.26 Å². The highest BCUT2D eigenvalue weighted by Crippen LogP contribution is 2.43. The third-order valence-corrected chi connectivity index (χ3v) is 4.36. The number of halogens is 1. The molecule has 4 nitrogen and oxygen atoms in total. The van der Waals surface area contributed by atoms with E-state index in [1.165, 1.54) is 0 Å². The van der Waals surface area contributed by atoms with Crippen molar-refractivity contribution in [3.8, 4) is 11.8 Å². The fourth-order valence-corrected chi connectivity index (χ4v) is 3.21. The number of rotatable bonds is 1. The number of aromatic amines is 1. The fourth-order valence-electron chi connectivity index (χ4n) is 3.08. The summed E-state index contributed by atoms with van der Waals surface area (Å²) < 4.78 is 5.76. The lowest BCUT2D eigenvalue weighted by atomic mass is 9.85. The first-order chi connectivity index (χ1) is 11.2. The number of hydrogen-bond acceptors (Lipinski definition) is 3. The summed E-state index contributed by atoms with van der Waals surface area (Å²) in [7, 11) is 0. The Bertz CT molecular complexity index is 980. The second-order valence-corrected chi connectivity index (χ2v) is 5.84. The number of nitrogens with one attached hydrogen (secondary N) is 1. The summed E-state index contributed by atoms with van der Waals surface area (Å²) in [6, 6.07) is 15.4. The van der Waals surface area contributed by atoms with E-state index in [9.17, 15) is 5.26 Å². The Morgan fingerprint density at radius 3 is 2.70 bits per heavy atom. The molecule has 0 fully saturated rings. The van der Waals surface area contributed by atoms with E-state index >= 15 is 0 Å². The standard InChI is InChI=1S/C18H12ClN3O/c19-11-6-4-10(5-7-11)16-12(8-20)18(21)23-15-3-1-2-14-17(15)13(16)9-22-14/h1-7,9,16,22H,21H2. The largest absolute Gasteiger partial charge is 0.440 e. The zero-order chi connectivity index (χ0) is 16.0. The SMILES string of the molecule is N#CC1=C(N)Oc2cccc3[nH]cc(c23)C1c1ccc(Cl)cc1. The van der Waals surface area contributed by atoms with E-state index in [2.05, 4.69) is 11.1 Å². The lowest BCUT2D eigenvalue weighted by Gasteiger charge is -2.15. The van der Waals surface area contributed by atoms with Crippen LogP contribution in [0.2, 0.25) is 5.02 Å². The molecule has 1 aromatic heterocycles. The van der Waals surface area contributed by atoms with Gasteiger partial charge in [-0.3, -0.25) is 0 Å². The first kappa shape index (κ1) is 13.7. The average molecular weight is 322 g/mol. The van der Waals surface area contributed by atoms with Crippen LogP contribution in [0.1, 0.15) is 17.0 Å². The van der Waals surface area contributed by atoms with Crippen molar-refractivity contribution in [2.45, 2.75) is 5.92 Å². The van der Waals surface area contributed by atoms with E-state index in [1.54, 1.807) is 0 Å². The van der Waals surface area contributed by atoms with Crippen LogP contribution in [0, 0.1) is 11.3 Å². The third-order valence-electron chi connectivity index (χ3n) is 4.11. The molecule has 0 saturated carbocycles. The number of hydrogen-bond donors (Lipinski definition) is 2. The van der Waals surface area contributed by atoms with E-state index in [0.717, 1.165) is 22.0 Å². The Balaban J connectivity index is 2.05. The molecule has 23 heavy (non-hydrogen) atoms. The van der Waals surface area contributed by atoms with Crippen LogP contribution in [0.15, 0.2) is 60.1 Å². The predicted molar refractivity (Wildman–Crippen MR) is 89.0 cm³/mol. The number of nitrogens with zero attached hydrogens (tertiary/aromatic N) is 1. The summed E-state index contributed by atoms with van der Waals surface area (Å²) in [6.45, 7) is 0. The smallest absolute Gasteiger partial charge is 0.205 e. The summed E-state index contributed by atoms with van der Waals surface area (Å²) in [5, 5.41) is 11.2. The Morgan fingerprint density at radius 2 is 1.96 bits per heavy atom. The van der Waals surface area contributed by atoms with Gasteiger partial charge in [0, 0.05) is 22.1 Å².